The number of nitrogens with zero attached hydrogens (tertiary/aromatic N) is 5. The van der Waals surface area contributed by atoms with E-state index in [1.165, 1.54) is 0 Å². The van der Waals surface area contributed by atoms with E-state index in [4.69, 9.17) is 33.4 Å². The first-order valence-electron chi connectivity index (χ1n) is 16.3. The van der Waals surface area contributed by atoms with Gasteiger partial charge in [0.1, 0.15) is 17.3 Å². The molecule has 246 valence electrons. The molecule has 1 aromatic carbocycles. The number of ether oxygens (including phenoxy) is 4. The molecule has 7 rings (SSSR count). The number of para-hydroxylation sites is 1. The minimum absolute atomic E-state index is 0.237. The molecule has 0 aliphatic carbocycles. The van der Waals surface area contributed by atoms with E-state index in [0.717, 1.165) is 42.8 Å². The van der Waals surface area contributed by atoms with Gasteiger partial charge in [0, 0.05) is 43.4 Å². The summed E-state index contributed by atoms with van der Waals surface area (Å²) in [7, 11) is 0. The average Bonchev–Trinajstić information content (AvgIpc) is 3.65. The zero-order chi connectivity index (χ0) is 32.5. The molecule has 3 aliphatic rings. The molecule has 1 atom stereocenters. The van der Waals surface area contributed by atoms with Crippen molar-refractivity contribution in [2.24, 2.45) is 0 Å². The fraction of sp³-hybridized carbons (Fsp3) is 0.543. The highest BCUT2D eigenvalue weighted by Crippen LogP contribution is 2.39. The molecule has 6 heterocycles. The van der Waals surface area contributed by atoms with Crippen LogP contribution in [-0.2, 0) is 25.4 Å². The van der Waals surface area contributed by atoms with Gasteiger partial charge in [0.2, 0.25) is 5.89 Å². The molecule has 3 aromatic heterocycles. The van der Waals surface area contributed by atoms with Gasteiger partial charge in [-0.05, 0) is 73.3 Å². The molecule has 0 amide bonds. The van der Waals surface area contributed by atoms with Crippen molar-refractivity contribution in [2.75, 3.05) is 37.8 Å². The maximum Gasteiger partial charge on any atom is 0.340 e. The summed E-state index contributed by atoms with van der Waals surface area (Å²) < 4.78 is 32.7. The van der Waals surface area contributed by atoms with E-state index in [9.17, 15) is 4.79 Å². The number of piperidine rings is 1. The Bertz CT molecular complexity index is 1680. The second-order valence-corrected chi connectivity index (χ2v) is 13.4. The van der Waals surface area contributed by atoms with E-state index in [1.54, 1.807) is 17.6 Å². The molecule has 4 aromatic rings. The molecule has 1 fully saturated rings. The van der Waals surface area contributed by atoms with Crippen LogP contribution in [0.5, 0.6) is 5.75 Å². The fourth-order valence-corrected chi connectivity index (χ4v) is 6.15. The second-order valence-electron chi connectivity index (χ2n) is 13.4. The monoisotopic (exact) mass is 631 g/mol. The van der Waals surface area contributed by atoms with Crippen LogP contribution in [0.2, 0.25) is 0 Å². The van der Waals surface area contributed by atoms with Gasteiger partial charge in [-0.25, -0.2) is 14.8 Å². The Kier molecular flexibility index (Phi) is 9.07. The van der Waals surface area contributed by atoms with E-state index in [2.05, 4.69) is 16.8 Å². The van der Waals surface area contributed by atoms with E-state index >= 15 is 0 Å². The molecule has 0 N–H and O–H groups in total. The normalized spacial score (nSPS) is 17.8. The molecule has 0 saturated carbocycles. The summed E-state index contributed by atoms with van der Waals surface area (Å²) in [5.41, 5.74) is 2.62. The Hall–Kier alpha value is -3.96. The number of oxazole rings is 1. The lowest BCUT2D eigenvalue weighted by atomic mass is 9.92. The van der Waals surface area contributed by atoms with Crippen molar-refractivity contribution in [3.8, 4) is 17.3 Å². The number of rotatable bonds is 4. The highest BCUT2D eigenvalue weighted by Gasteiger charge is 2.38. The third-order valence-electron chi connectivity index (χ3n) is 8.52. The van der Waals surface area contributed by atoms with Crippen LogP contribution in [-0.4, -0.2) is 69.7 Å². The van der Waals surface area contributed by atoms with Crippen LogP contribution < -0.4 is 9.64 Å². The summed E-state index contributed by atoms with van der Waals surface area (Å²) in [6.07, 6.45) is 4.68. The number of aromatic nitrogens is 4. The molecule has 0 unspecified atom stereocenters. The number of anilines is 1. The number of hydrogen-bond donors (Lipinski definition) is 0. The largest absolute Gasteiger partial charge is 0.493 e. The zero-order valence-electron chi connectivity index (χ0n) is 27.8. The average molecular weight is 632 g/mol. The number of aryl methyl sites for hydroxylation is 1. The minimum Gasteiger partial charge on any atom is -0.493 e. The number of hydrogen-bond acceptors (Lipinski definition) is 10. The standard InChI is InChI=1S/C35H45N5O6/c1-7-42-33(41)30(46-34(3,4)5)29-23(2)37-28-21-26-31-36-22-25(45-31)20-24-12-8-9-13-27(24)43-18-10-11-19-44-35(6)14-16-39(17-15-35)32(29)40(28)38-26/h8-9,12-13,21-22,30H,7,10-11,14-20H2,1-6H3/t30-/m0/s1. The molecule has 1 saturated heterocycles. The Labute approximate surface area is 270 Å². The van der Waals surface area contributed by atoms with Crippen LogP contribution in [0, 0.1) is 6.92 Å². The van der Waals surface area contributed by atoms with Crippen molar-refractivity contribution in [2.45, 2.75) is 91.0 Å². The molecular weight excluding hydrogens is 586 g/mol. The van der Waals surface area contributed by atoms with Crippen molar-refractivity contribution in [1.29, 1.82) is 0 Å². The molecule has 11 nitrogen and oxygen atoms in total. The van der Waals surface area contributed by atoms with Gasteiger partial charge in [0.25, 0.3) is 0 Å². The smallest absolute Gasteiger partial charge is 0.340 e. The first-order chi connectivity index (χ1) is 22.0. The minimum atomic E-state index is -0.995. The lowest BCUT2D eigenvalue weighted by molar-refractivity contribution is -0.166. The number of fused-ring (bicyclic) bond motifs is 7. The molecule has 0 spiro atoms. The van der Waals surface area contributed by atoms with Crippen molar-refractivity contribution in [3.05, 3.63) is 59.1 Å². The molecule has 0 radical (unpaired) electrons. The van der Waals surface area contributed by atoms with Crippen molar-refractivity contribution < 1.29 is 28.2 Å². The van der Waals surface area contributed by atoms with Crippen molar-refractivity contribution in [3.63, 3.8) is 0 Å². The van der Waals surface area contributed by atoms with Gasteiger partial charge < -0.3 is 28.3 Å². The van der Waals surface area contributed by atoms with Crippen LogP contribution in [0.3, 0.4) is 0 Å². The van der Waals surface area contributed by atoms with Crippen molar-refractivity contribution in [1.82, 2.24) is 19.6 Å². The van der Waals surface area contributed by atoms with Gasteiger partial charge in [-0.3, -0.25) is 0 Å². The summed E-state index contributed by atoms with van der Waals surface area (Å²) in [5, 5.41) is 4.99. The maximum absolute atomic E-state index is 13.5. The molecule has 11 heteroatoms. The molecular formula is C35H45N5O6. The SMILES string of the molecule is CCOC(=O)[C@@H](OC(C)(C)C)c1c(C)nc2cc3nn2c1N1CCC(C)(CC1)OCCCCOc1ccccc1Cc1cnc-3o1. The quantitative estimate of drug-likeness (QED) is 0.240. The Morgan fingerprint density at radius 1 is 1.13 bits per heavy atom. The summed E-state index contributed by atoms with van der Waals surface area (Å²) in [4.78, 5) is 25.3. The Morgan fingerprint density at radius 3 is 2.65 bits per heavy atom. The molecule has 46 heavy (non-hydrogen) atoms. The number of esters is 1. The number of carbonyl (C=O) groups is 1. The predicted octanol–water partition coefficient (Wildman–Crippen LogP) is 6.25. The fourth-order valence-electron chi connectivity index (χ4n) is 6.15. The van der Waals surface area contributed by atoms with Gasteiger partial charge in [0.05, 0.1) is 36.2 Å². The van der Waals surface area contributed by atoms with Gasteiger partial charge in [0.15, 0.2) is 17.4 Å². The summed E-state index contributed by atoms with van der Waals surface area (Å²) in [6, 6.07) is 9.89. The van der Waals surface area contributed by atoms with Crippen molar-refractivity contribution >= 4 is 17.4 Å². The highest BCUT2D eigenvalue weighted by molar-refractivity contribution is 5.80. The lowest BCUT2D eigenvalue weighted by Gasteiger charge is -2.41. The summed E-state index contributed by atoms with van der Waals surface area (Å²) in [6.45, 7) is 14.6. The van der Waals surface area contributed by atoms with Gasteiger partial charge in [-0.2, -0.15) is 9.61 Å². The van der Waals surface area contributed by atoms with E-state index in [1.807, 2.05) is 58.0 Å². The first-order valence-corrected chi connectivity index (χ1v) is 16.3. The number of benzene rings is 1. The van der Waals surface area contributed by atoms with E-state index in [-0.39, 0.29) is 12.2 Å². The zero-order valence-corrected chi connectivity index (χ0v) is 27.8. The second kappa shape index (κ2) is 13.0. The Morgan fingerprint density at radius 2 is 1.89 bits per heavy atom. The van der Waals surface area contributed by atoms with Crippen LogP contribution in [0.4, 0.5) is 5.82 Å². The van der Waals surface area contributed by atoms with E-state index < -0.39 is 17.7 Å². The number of carbonyl (C=O) groups excluding carboxylic acids is 1. The van der Waals surface area contributed by atoms with Crippen LogP contribution in [0.25, 0.3) is 17.2 Å². The van der Waals surface area contributed by atoms with Crippen LogP contribution in [0.15, 0.2) is 40.9 Å². The lowest BCUT2D eigenvalue weighted by Crippen LogP contribution is -2.46. The van der Waals surface area contributed by atoms with Crippen LogP contribution in [0.1, 0.15) is 89.0 Å². The summed E-state index contributed by atoms with van der Waals surface area (Å²) >= 11 is 0. The molecule has 3 aliphatic heterocycles. The topological polar surface area (TPSA) is 113 Å². The predicted molar refractivity (Wildman–Crippen MR) is 173 cm³/mol. The maximum atomic E-state index is 13.5. The summed E-state index contributed by atoms with van der Waals surface area (Å²) in [5.74, 6) is 2.24. The van der Waals surface area contributed by atoms with Crippen LogP contribution >= 0.6 is 0 Å². The van der Waals surface area contributed by atoms with Gasteiger partial charge in [-0.1, -0.05) is 18.2 Å². The third-order valence-corrected chi connectivity index (χ3v) is 8.52. The van der Waals surface area contributed by atoms with E-state index in [0.29, 0.717) is 67.0 Å². The van der Waals surface area contributed by atoms with Gasteiger partial charge in [-0.15, -0.1) is 0 Å². The molecule has 6 bridgehead atoms. The Balaban J connectivity index is 1.48. The third kappa shape index (κ3) is 6.90. The highest BCUT2D eigenvalue weighted by atomic mass is 16.6. The van der Waals surface area contributed by atoms with Gasteiger partial charge >= 0.3 is 5.97 Å². The first kappa shape index (κ1) is 32.0.